The van der Waals surface area contributed by atoms with Crippen LogP contribution in [0.15, 0.2) is 0 Å². The van der Waals surface area contributed by atoms with E-state index >= 15 is 0 Å². The SMILES string of the molecule is [Cl-].[Cl-].[Cl][Ru]([Cl])([Cl])[Cl].[Cl][Ru]([Cl])([Cl])[Cl].[Na+].[Na+]. The Hall–Kier alpha value is 6.15. The van der Waals surface area contributed by atoms with Gasteiger partial charge in [0.1, 0.15) is 0 Å². The van der Waals surface area contributed by atoms with Crippen LogP contribution in [0, 0.1) is 0 Å². The fourth-order valence-electron chi connectivity index (χ4n) is 0. The van der Waals surface area contributed by atoms with E-state index in [2.05, 4.69) is 0 Å². The molecule has 0 spiro atoms. The molecule has 14 heavy (non-hydrogen) atoms. The molecule has 0 nitrogen and oxygen atoms in total. The minimum absolute atomic E-state index is 0. The zero-order chi connectivity index (χ0) is 9.00. The number of halogens is 10. The summed E-state index contributed by atoms with van der Waals surface area (Å²) in [7, 11) is 34.0. The molecule has 0 aromatic rings. The van der Waals surface area contributed by atoms with E-state index in [1.807, 2.05) is 0 Å². The van der Waals surface area contributed by atoms with Crippen molar-refractivity contribution in [2.75, 3.05) is 0 Å². The topological polar surface area (TPSA) is 0 Å². The third-order valence-corrected chi connectivity index (χ3v) is 0. The molecule has 0 saturated carbocycles. The normalized spacial score (nSPS) is 10.9. The molecule has 0 atom stereocenters. The van der Waals surface area contributed by atoms with Crippen LogP contribution in [0.1, 0.15) is 0 Å². The van der Waals surface area contributed by atoms with Gasteiger partial charge in [0.05, 0.1) is 0 Å². The first kappa shape index (κ1) is 36.9. The second kappa shape index (κ2) is 19.1. The summed E-state index contributed by atoms with van der Waals surface area (Å²) in [6.07, 6.45) is 0. The first-order valence-corrected chi connectivity index (χ1v) is 19.0. The number of hydrogen-bond donors (Lipinski definition) is 0. The van der Waals surface area contributed by atoms with Crippen LogP contribution in [0.25, 0.3) is 0 Å². The maximum absolute atomic E-state index is 5.00. The summed E-state index contributed by atoms with van der Waals surface area (Å²) in [6, 6.07) is 0. The Kier molecular flexibility index (Phi) is 50.5. The molecule has 0 rings (SSSR count). The molecule has 0 aliphatic heterocycles. The summed E-state index contributed by atoms with van der Waals surface area (Å²) in [6.45, 7) is 0. The van der Waals surface area contributed by atoms with Gasteiger partial charge in [-0.3, -0.25) is 0 Å². The van der Waals surface area contributed by atoms with Crippen molar-refractivity contribution in [3.8, 4) is 0 Å². The Bertz CT molecular complexity index is 59.1. The Morgan fingerprint density at radius 3 is 0.429 bits per heavy atom. The summed E-state index contributed by atoms with van der Waals surface area (Å²) >= 11 is 0. The average Bonchev–Trinajstić information content (AvgIpc) is 1.12. The molecule has 0 saturated heterocycles. The van der Waals surface area contributed by atoms with Gasteiger partial charge in [-0.2, -0.15) is 0 Å². The molecular weight excluding hydrogens is 603 g/mol. The van der Waals surface area contributed by atoms with Crippen molar-refractivity contribution < 1.29 is 106 Å². The molecule has 0 unspecified atom stereocenters. The van der Waals surface area contributed by atoms with Gasteiger partial charge in [-0.25, -0.2) is 0 Å². The van der Waals surface area contributed by atoms with E-state index in [4.69, 9.17) is 77.5 Å². The Balaban J connectivity index is -0.0000000178. The first-order chi connectivity index (χ1) is 4.00. The van der Waals surface area contributed by atoms with E-state index in [0.717, 1.165) is 0 Å². The van der Waals surface area contributed by atoms with Crippen molar-refractivity contribution in [1.82, 2.24) is 0 Å². The zero-order valence-corrected chi connectivity index (χ0v) is 21.5. The zero-order valence-electron chi connectivity index (χ0n) is 6.49. The Labute approximate surface area is 178 Å². The van der Waals surface area contributed by atoms with E-state index in [9.17, 15) is 0 Å². The van der Waals surface area contributed by atoms with Crippen LogP contribution in [0.4, 0.5) is 0 Å². The minimum atomic E-state index is -2.97. The smallest absolute Gasteiger partial charge is 1.00 e. The molecule has 0 aromatic carbocycles. The van der Waals surface area contributed by atoms with Crippen molar-refractivity contribution in [2.45, 2.75) is 0 Å². The maximum atomic E-state index is 5.00. The van der Waals surface area contributed by atoms with Crippen molar-refractivity contribution >= 4 is 77.5 Å². The molecule has 0 heterocycles. The largest absolute Gasteiger partial charge is 1.00 e. The van der Waals surface area contributed by atoms with Crippen molar-refractivity contribution in [2.24, 2.45) is 0 Å². The van der Waals surface area contributed by atoms with Crippen molar-refractivity contribution in [1.29, 1.82) is 0 Å². The Morgan fingerprint density at radius 2 is 0.429 bits per heavy atom. The minimum Gasteiger partial charge on any atom is 1.00 e. The van der Waals surface area contributed by atoms with E-state index in [0.29, 0.717) is 0 Å². The van der Waals surface area contributed by atoms with Crippen LogP contribution in [-0.2, 0) is 21.6 Å². The molecule has 0 radical (unpaired) electrons. The van der Waals surface area contributed by atoms with Gasteiger partial charge >= 0.3 is 158 Å². The molecule has 0 aliphatic carbocycles. The van der Waals surface area contributed by atoms with Gasteiger partial charge < -0.3 is 24.8 Å². The van der Waals surface area contributed by atoms with Crippen LogP contribution >= 0.6 is 77.5 Å². The van der Waals surface area contributed by atoms with Crippen LogP contribution in [0.3, 0.4) is 0 Å². The van der Waals surface area contributed by atoms with Gasteiger partial charge in [0, 0.05) is 0 Å². The summed E-state index contributed by atoms with van der Waals surface area (Å²) < 4.78 is 0. The molecule has 0 fully saturated rings. The fourth-order valence-corrected chi connectivity index (χ4v) is 0. The molecule has 88 valence electrons. The van der Waals surface area contributed by atoms with E-state index < -0.39 is 21.6 Å². The van der Waals surface area contributed by atoms with Crippen LogP contribution in [0.5, 0.6) is 0 Å². The van der Waals surface area contributed by atoms with E-state index in [-0.39, 0.29) is 83.9 Å². The second-order valence-corrected chi connectivity index (χ2v) is 32.3. The van der Waals surface area contributed by atoms with Gasteiger partial charge in [-0.15, -0.1) is 0 Å². The average molecular weight is 603 g/mol. The van der Waals surface area contributed by atoms with Crippen LogP contribution < -0.4 is 83.9 Å². The van der Waals surface area contributed by atoms with Crippen molar-refractivity contribution in [3.05, 3.63) is 0 Å². The molecule has 14 heteroatoms. The van der Waals surface area contributed by atoms with Gasteiger partial charge in [0.15, 0.2) is 0 Å². The summed E-state index contributed by atoms with van der Waals surface area (Å²) in [5, 5.41) is 0. The standard InChI is InChI=1S/10ClH.2Na.2Ru/h10*1H;;;;/q;;;;;;;;;;2*+1;2*+4/p-10. The third kappa shape index (κ3) is 141. The van der Waals surface area contributed by atoms with E-state index in [1.54, 1.807) is 0 Å². The summed E-state index contributed by atoms with van der Waals surface area (Å²) in [4.78, 5) is 0. The van der Waals surface area contributed by atoms with Gasteiger partial charge in [-0.1, -0.05) is 0 Å². The molecule has 0 amide bonds. The van der Waals surface area contributed by atoms with Crippen LogP contribution in [-0.4, -0.2) is 0 Å². The molecule has 0 N–H and O–H groups in total. The second-order valence-electron chi connectivity index (χ2n) is 0.606. The predicted octanol–water partition coefficient (Wildman–Crippen LogP) is -6.47. The monoisotopic (exact) mass is 599 g/mol. The van der Waals surface area contributed by atoms with Gasteiger partial charge in [-0.05, 0) is 0 Å². The molecule has 0 bridgehead atoms. The molecule has 0 aromatic heterocycles. The quantitative estimate of drug-likeness (QED) is 0.242. The van der Waals surface area contributed by atoms with Crippen LogP contribution in [0.2, 0.25) is 0 Å². The maximum Gasteiger partial charge on any atom is 1.00 e. The molecule has 0 aliphatic rings. The third-order valence-electron chi connectivity index (χ3n) is 0. The van der Waals surface area contributed by atoms with Gasteiger partial charge in [0.25, 0.3) is 0 Å². The van der Waals surface area contributed by atoms with Crippen molar-refractivity contribution in [3.63, 3.8) is 0 Å². The van der Waals surface area contributed by atoms with E-state index in [1.165, 1.54) is 0 Å². The summed E-state index contributed by atoms with van der Waals surface area (Å²) in [5.74, 6) is 0. The Morgan fingerprint density at radius 1 is 0.429 bits per heavy atom. The first-order valence-electron chi connectivity index (χ1n) is 1.07. The number of hydrogen-bond acceptors (Lipinski definition) is 0. The fraction of sp³-hybridized carbons (Fsp3) is 0. The predicted molar refractivity (Wildman–Crippen MR) is 46.8 cm³/mol. The molecular formula is Cl10Na2Ru2. The van der Waals surface area contributed by atoms with Gasteiger partial charge in [0.2, 0.25) is 0 Å². The number of rotatable bonds is 0. The summed E-state index contributed by atoms with van der Waals surface area (Å²) in [5.41, 5.74) is 0.